The first-order valence-electron chi connectivity index (χ1n) is 6.48. The summed E-state index contributed by atoms with van der Waals surface area (Å²) >= 11 is 17.8. The summed E-state index contributed by atoms with van der Waals surface area (Å²) in [6.07, 6.45) is 2.43. The van der Waals surface area contributed by atoms with Crippen LogP contribution in [-0.2, 0) is 0 Å². The summed E-state index contributed by atoms with van der Waals surface area (Å²) in [4.78, 5) is 0. The average Bonchev–Trinajstić information content (AvgIpc) is 2.33. The van der Waals surface area contributed by atoms with Gasteiger partial charge in [-0.1, -0.05) is 48.7 Å². The van der Waals surface area contributed by atoms with Gasteiger partial charge in [0.15, 0.2) is 0 Å². The van der Waals surface area contributed by atoms with Gasteiger partial charge in [-0.2, -0.15) is 0 Å². The molecular formula is C14H20Cl3NO. The Bertz CT molecular complexity index is 397. The first-order valence-corrected chi connectivity index (χ1v) is 7.62. The fourth-order valence-corrected chi connectivity index (χ4v) is 2.20. The van der Waals surface area contributed by atoms with Gasteiger partial charge < -0.3 is 10.1 Å². The predicted molar refractivity (Wildman–Crippen MR) is 83.9 cm³/mol. The first-order chi connectivity index (χ1) is 9.00. The maximum atomic E-state index is 6.01. The van der Waals surface area contributed by atoms with Gasteiger partial charge in [0, 0.05) is 12.6 Å². The summed E-state index contributed by atoms with van der Waals surface area (Å²) < 4.78 is 5.56. The Kier molecular flexibility index (Phi) is 7.93. The zero-order valence-corrected chi connectivity index (χ0v) is 13.6. The molecule has 0 amide bonds. The topological polar surface area (TPSA) is 21.3 Å². The van der Waals surface area contributed by atoms with Gasteiger partial charge >= 0.3 is 0 Å². The lowest BCUT2D eigenvalue weighted by molar-refractivity contribution is 0.313. The minimum absolute atomic E-state index is 0.436. The van der Waals surface area contributed by atoms with Crippen LogP contribution in [0.15, 0.2) is 12.1 Å². The Labute approximate surface area is 130 Å². The molecule has 0 atom stereocenters. The van der Waals surface area contributed by atoms with Gasteiger partial charge in [-0.15, -0.1) is 0 Å². The van der Waals surface area contributed by atoms with E-state index in [1.165, 1.54) is 12.8 Å². The SMILES string of the molecule is CC(C)CCCNCCOc1cc(Cl)c(Cl)cc1Cl. The molecule has 5 heteroatoms. The third-order valence-corrected chi connectivity index (χ3v) is 3.66. The molecule has 0 unspecified atom stereocenters. The number of benzene rings is 1. The fraction of sp³-hybridized carbons (Fsp3) is 0.571. The molecule has 0 aromatic heterocycles. The molecule has 1 rings (SSSR count). The third-order valence-electron chi connectivity index (χ3n) is 2.65. The fourth-order valence-electron chi connectivity index (χ4n) is 1.61. The molecule has 1 aromatic carbocycles. The van der Waals surface area contributed by atoms with Crippen molar-refractivity contribution in [2.24, 2.45) is 5.92 Å². The second kappa shape index (κ2) is 8.91. The molecule has 0 radical (unpaired) electrons. The Morgan fingerprint density at radius 2 is 1.74 bits per heavy atom. The average molecular weight is 325 g/mol. The molecule has 108 valence electrons. The van der Waals surface area contributed by atoms with E-state index in [0.29, 0.717) is 27.4 Å². The van der Waals surface area contributed by atoms with Crippen LogP contribution in [0.5, 0.6) is 5.75 Å². The molecule has 0 heterocycles. The van der Waals surface area contributed by atoms with Crippen molar-refractivity contribution in [1.29, 1.82) is 0 Å². The van der Waals surface area contributed by atoms with E-state index in [-0.39, 0.29) is 0 Å². The lowest BCUT2D eigenvalue weighted by atomic mass is 10.1. The first kappa shape index (κ1) is 16.9. The number of hydrogen-bond donors (Lipinski definition) is 1. The van der Waals surface area contributed by atoms with Crippen LogP contribution in [0.25, 0.3) is 0 Å². The zero-order chi connectivity index (χ0) is 14.3. The number of halogens is 3. The molecule has 0 saturated heterocycles. The van der Waals surface area contributed by atoms with Gasteiger partial charge in [-0.3, -0.25) is 0 Å². The minimum atomic E-state index is 0.436. The summed E-state index contributed by atoms with van der Waals surface area (Å²) in [5, 5.41) is 4.70. The van der Waals surface area contributed by atoms with E-state index in [2.05, 4.69) is 19.2 Å². The number of hydrogen-bond acceptors (Lipinski definition) is 2. The van der Waals surface area contributed by atoms with Crippen molar-refractivity contribution in [3.8, 4) is 5.75 Å². The van der Waals surface area contributed by atoms with Crippen molar-refractivity contribution in [3.63, 3.8) is 0 Å². The van der Waals surface area contributed by atoms with E-state index in [0.717, 1.165) is 19.0 Å². The molecule has 19 heavy (non-hydrogen) atoms. The number of ether oxygens (including phenoxy) is 1. The van der Waals surface area contributed by atoms with Crippen molar-refractivity contribution in [2.75, 3.05) is 19.7 Å². The number of nitrogens with one attached hydrogen (secondary N) is 1. The van der Waals surface area contributed by atoms with E-state index in [1.807, 2.05) is 0 Å². The van der Waals surface area contributed by atoms with Gasteiger partial charge in [0.2, 0.25) is 0 Å². The Hall–Kier alpha value is -0.150. The van der Waals surface area contributed by atoms with E-state index < -0.39 is 0 Å². The van der Waals surface area contributed by atoms with Crippen molar-refractivity contribution in [3.05, 3.63) is 27.2 Å². The molecule has 0 aliphatic carbocycles. The highest BCUT2D eigenvalue weighted by Gasteiger charge is 2.06. The Balaban J connectivity index is 2.21. The van der Waals surface area contributed by atoms with E-state index in [9.17, 15) is 0 Å². The molecular weight excluding hydrogens is 305 g/mol. The van der Waals surface area contributed by atoms with Crippen LogP contribution in [0.1, 0.15) is 26.7 Å². The standard InChI is InChI=1S/C14H20Cl3NO/c1-10(2)4-3-5-18-6-7-19-14-9-12(16)11(15)8-13(14)17/h8-10,18H,3-7H2,1-2H3. The van der Waals surface area contributed by atoms with Crippen molar-refractivity contribution >= 4 is 34.8 Å². The number of rotatable bonds is 8. The van der Waals surface area contributed by atoms with Gasteiger partial charge in [0.05, 0.1) is 15.1 Å². The van der Waals surface area contributed by atoms with Crippen LogP contribution >= 0.6 is 34.8 Å². The van der Waals surface area contributed by atoms with Gasteiger partial charge in [0.1, 0.15) is 12.4 Å². The van der Waals surface area contributed by atoms with Crippen LogP contribution in [0, 0.1) is 5.92 Å². The summed E-state index contributed by atoms with van der Waals surface area (Å²) in [7, 11) is 0. The van der Waals surface area contributed by atoms with Gasteiger partial charge in [-0.05, 0) is 31.4 Å². The normalized spacial score (nSPS) is 11.1. The molecule has 0 aliphatic heterocycles. The van der Waals surface area contributed by atoms with E-state index >= 15 is 0 Å². The third kappa shape index (κ3) is 6.71. The van der Waals surface area contributed by atoms with Crippen LogP contribution in [0.2, 0.25) is 15.1 Å². The highest BCUT2D eigenvalue weighted by Crippen LogP contribution is 2.33. The highest BCUT2D eigenvalue weighted by molar-refractivity contribution is 6.43. The van der Waals surface area contributed by atoms with E-state index in [1.54, 1.807) is 12.1 Å². The molecule has 2 nitrogen and oxygen atoms in total. The summed E-state index contributed by atoms with van der Waals surface area (Å²) in [6.45, 7) is 6.81. The molecule has 0 bridgehead atoms. The van der Waals surface area contributed by atoms with E-state index in [4.69, 9.17) is 39.5 Å². The molecule has 0 saturated carbocycles. The second-order valence-electron chi connectivity index (χ2n) is 4.83. The summed E-state index contributed by atoms with van der Waals surface area (Å²) in [6, 6.07) is 3.24. The predicted octanol–water partition coefficient (Wildman–Crippen LogP) is 5.05. The van der Waals surface area contributed by atoms with Crippen LogP contribution in [-0.4, -0.2) is 19.7 Å². The van der Waals surface area contributed by atoms with Crippen molar-refractivity contribution in [2.45, 2.75) is 26.7 Å². The minimum Gasteiger partial charge on any atom is -0.491 e. The Morgan fingerprint density at radius 1 is 1.05 bits per heavy atom. The Morgan fingerprint density at radius 3 is 2.42 bits per heavy atom. The molecule has 0 aliphatic rings. The summed E-state index contributed by atoms with van der Waals surface area (Å²) in [5.74, 6) is 1.33. The van der Waals surface area contributed by atoms with Crippen LogP contribution < -0.4 is 10.1 Å². The van der Waals surface area contributed by atoms with Crippen LogP contribution in [0.3, 0.4) is 0 Å². The monoisotopic (exact) mass is 323 g/mol. The van der Waals surface area contributed by atoms with Crippen molar-refractivity contribution in [1.82, 2.24) is 5.32 Å². The maximum Gasteiger partial charge on any atom is 0.139 e. The largest absolute Gasteiger partial charge is 0.491 e. The smallest absolute Gasteiger partial charge is 0.139 e. The molecule has 0 spiro atoms. The van der Waals surface area contributed by atoms with Crippen LogP contribution in [0.4, 0.5) is 0 Å². The zero-order valence-electron chi connectivity index (χ0n) is 11.3. The molecule has 1 N–H and O–H groups in total. The lowest BCUT2D eigenvalue weighted by Gasteiger charge is -2.10. The van der Waals surface area contributed by atoms with Gasteiger partial charge in [-0.25, -0.2) is 0 Å². The second-order valence-corrected chi connectivity index (χ2v) is 6.05. The maximum absolute atomic E-state index is 6.01. The van der Waals surface area contributed by atoms with Crippen molar-refractivity contribution < 1.29 is 4.74 Å². The molecule has 0 fully saturated rings. The molecule has 1 aromatic rings. The lowest BCUT2D eigenvalue weighted by Crippen LogP contribution is -2.22. The quantitative estimate of drug-likeness (QED) is 0.533. The van der Waals surface area contributed by atoms with Gasteiger partial charge in [0.25, 0.3) is 0 Å². The summed E-state index contributed by atoms with van der Waals surface area (Å²) in [5.41, 5.74) is 0. The highest BCUT2D eigenvalue weighted by atomic mass is 35.5.